The number of anilines is 1. The molecule has 0 aromatic heterocycles. The Hall–Kier alpha value is -4.21. The van der Waals surface area contributed by atoms with E-state index in [-0.39, 0.29) is 37.1 Å². The molecule has 4 aliphatic heterocycles. The van der Waals surface area contributed by atoms with Crippen molar-refractivity contribution in [3.63, 3.8) is 0 Å². The largest absolute Gasteiger partial charge is 0.469 e. The summed E-state index contributed by atoms with van der Waals surface area (Å²) in [5.74, 6) is -5.09. The molecule has 4 heterocycles. The van der Waals surface area contributed by atoms with E-state index in [1.807, 2.05) is 0 Å². The van der Waals surface area contributed by atoms with Crippen molar-refractivity contribution < 1.29 is 161 Å². The molecule has 4 fully saturated rings. The number of hydrogen-bond donors (Lipinski definition) is 22. The first-order valence-electron chi connectivity index (χ1n) is 27.0. The van der Waals surface area contributed by atoms with Gasteiger partial charge in [0.1, 0.15) is 116 Å². The standard InChI is InChI=1S/C47H78N6O33P2/c1-16(81-46-38(65)34(61)28(55)22(85-46)12-77-44-36(63)32(59)30(57)24(83-44)14-79-87(71,72)73)26(40(49)67)53-42(69)21(10-6-7-11-50-41(68)19-8-4-5-9-20(19)48)52-43(70)27(51-18(3)54)17(2)82-47-39(66)35(62)29(56)23(86-47)13-78-45-37(64)33(60)31(58)25(84-45)15-80-88(74,75)76/h4-5,8-9,16-17,21-39,44-47,55-66H,6-7,10-15,48H2,1-3H3,(H2,49,67)(H,50,68)(H,51,54)(H,52,70)(H,53,69)(H2,71,72,73)(H2,74,75,76)/t16-,17-,21+,22-,23-,24-,25-,26+,27+,28-,29-,30-,31-,32+,33+,34+,35+,36+,37+,38+,39+,44+,45+,46+,47+/m1/s1. The number of aliphatic hydroxyl groups is 12. The third kappa shape index (κ3) is 20.6. The molecule has 504 valence electrons. The van der Waals surface area contributed by atoms with Crippen LogP contribution in [-0.4, -0.2) is 297 Å². The second-order valence-corrected chi connectivity index (χ2v) is 23.4. The zero-order valence-electron chi connectivity index (χ0n) is 47.0. The van der Waals surface area contributed by atoms with Crippen LogP contribution in [0, 0.1) is 0 Å². The number of aliphatic hydroxyl groups excluding tert-OH is 12. The maximum absolute atomic E-state index is 14.3. The summed E-state index contributed by atoms with van der Waals surface area (Å²) in [5, 5.41) is 137. The van der Waals surface area contributed by atoms with Crippen LogP contribution in [0.25, 0.3) is 0 Å². The molecule has 0 radical (unpaired) electrons. The molecular formula is C47H78N6O33P2. The molecule has 41 heteroatoms. The number of phosphoric ester groups is 2. The molecule has 4 aliphatic rings. The maximum atomic E-state index is 14.3. The summed E-state index contributed by atoms with van der Waals surface area (Å²) in [4.78, 5) is 104. The van der Waals surface area contributed by atoms with Crippen molar-refractivity contribution in [1.82, 2.24) is 21.3 Å². The van der Waals surface area contributed by atoms with Gasteiger partial charge in [0.15, 0.2) is 25.2 Å². The number of amides is 5. The molecule has 0 unspecified atom stereocenters. The van der Waals surface area contributed by atoms with E-state index in [0.29, 0.717) is 0 Å². The fraction of sp³-hybridized carbons (Fsp3) is 0.766. The number of nitrogens with one attached hydrogen (secondary N) is 4. The minimum absolute atomic E-state index is 0.0131. The first-order valence-corrected chi connectivity index (χ1v) is 30.1. The number of unbranched alkanes of at least 4 members (excludes halogenated alkanes) is 1. The van der Waals surface area contributed by atoms with E-state index in [9.17, 15) is 94.4 Å². The van der Waals surface area contributed by atoms with Gasteiger partial charge in [-0.1, -0.05) is 12.1 Å². The molecule has 5 amide bonds. The van der Waals surface area contributed by atoms with E-state index in [1.54, 1.807) is 12.1 Å². The summed E-state index contributed by atoms with van der Waals surface area (Å²) >= 11 is 0. The molecule has 5 rings (SSSR count). The molecular weight excluding hydrogens is 1240 g/mol. The number of primary amides is 1. The van der Waals surface area contributed by atoms with Gasteiger partial charge in [-0.15, -0.1) is 0 Å². The fourth-order valence-electron chi connectivity index (χ4n) is 9.31. The van der Waals surface area contributed by atoms with E-state index in [1.165, 1.54) is 19.1 Å². The predicted octanol–water partition coefficient (Wildman–Crippen LogP) is -10.6. The van der Waals surface area contributed by atoms with Crippen molar-refractivity contribution in [2.45, 2.75) is 193 Å². The minimum atomic E-state index is -5.13. The number of nitrogen functional groups attached to an aromatic ring is 1. The summed E-state index contributed by atoms with van der Waals surface area (Å²) < 4.78 is 75.5. The lowest BCUT2D eigenvalue weighted by molar-refractivity contribution is -0.335. The summed E-state index contributed by atoms with van der Waals surface area (Å²) in [7, 11) is -10.3. The van der Waals surface area contributed by atoms with Gasteiger partial charge >= 0.3 is 15.6 Å². The summed E-state index contributed by atoms with van der Waals surface area (Å²) in [6.45, 7) is -0.496. The maximum Gasteiger partial charge on any atom is 0.469 e. The van der Waals surface area contributed by atoms with Crippen LogP contribution < -0.4 is 32.7 Å². The summed E-state index contributed by atoms with van der Waals surface area (Å²) in [6.07, 6.45) is -42.6. The number of hydrogen-bond acceptors (Lipinski definition) is 30. The number of benzene rings is 1. The molecule has 0 bridgehead atoms. The number of phosphoric acid groups is 2. The molecule has 1 aromatic carbocycles. The highest BCUT2D eigenvalue weighted by molar-refractivity contribution is 7.46. The Bertz CT molecular complexity index is 2560. The SMILES string of the molecule is CC(=O)N[C@H](C(=O)N[C@@H](CCCCNC(=O)c1ccccc1N)C(=O)N[C@H](C(N)=O)[C@@H](C)O[C@H]1O[C@H](CO[C@H]2O[C@H](COP(=O)(O)O)[C@@H](O)[C@H](O)[C@@H]2O)[C@@H](O)[C@H](O)[C@@H]1O)[C@@H](C)O[C@H]1O[C@H](CO[C@H]2O[C@H](COP(=O)(O)O)[C@@H](O)[C@H](O)[C@@H]2O)[C@@H](O)[C@H](O)[C@@H]1O. The Labute approximate surface area is 499 Å². The third-order valence-electron chi connectivity index (χ3n) is 14.3. The first-order chi connectivity index (χ1) is 41.0. The van der Waals surface area contributed by atoms with Crippen molar-refractivity contribution in [2.75, 3.05) is 38.7 Å². The highest BCUT2D eigenvalue weighted by Gasteiger charge is 2.51. The molecule has 0 aliphatic carbocycles. The highest BCUT2D eigenvalue weighted by Crippen LogP contribution is 2.39. The summed E-state index contributed by atoms with van der Waals surface area (Å²) in [6, 6.07) is 0.709. The lowest BCUT2D eigenvalue weighted by atomic mass is 9.98. The van der Waals surface area contributed by atoms with E-state index in [2.05, 4.69) is 30.3 Å². The fourth-order valence-corrected chi connectivity index (χ4v) is 9.99. The molecule has 0 spiro atoms. The van der Waals surface area contributed by atoms with Crippen LogP contribution >= 0.6 is 15.6 Å². The average molecular weight is 1320 g/mol. The van der Waals surface area contributed by atoms with Crippen LogP contribution in [0.4, 0.5) is 5.69 Å². The Morgan fingerprint density at radius 3 is 1.34 bits per heavy atom. The Morgan fingerprint density at radius 1 is 0.534 bits per heavy atom. The predicted molar refractivity (Wildman–Crippen MR) is 283 cm³/mol. The normalized spacial score (nSPS) is 34.7. The van der Waals surface area contributed by atoms with Gasteiger partial charge in [0.2, 0.25) is 23.6 Å². The molecule has 39 nitrogen and oxygen atoms in total. The van der Waals surface area contributed by atoms with Crippen LogP contribution in [0.2, 0.25) is 0 Å². The van der Waals surface area contributed by atoms with Gasteiger partial charge in [0, 0.05) is 19.2 Å². The zero-order valence-corrected chi connectivity index (χ0v) is 48.8. The third-order valence-corrected chi connectivity index (χ3v) is 15.2. The van der Waals surface area contributed by atoms with Crippen LogP contribution in [0.1, 0.15) is 50.4 Å². The molecule has 88 heavy (non-hydrogen) atoms. The monoisotopic (exact) mass is 1320 g/mol. The molecule has 1 aromatic rings. The van der Waals surface area contributed by atoms with Gasteiger partial charge in [-0.3, -0.25) is 33.0 Å². The molecule has 25 atom stereocenters. The lowest BCUT2D eigenvalue weighted by Gasteiger charge is -2.43. The van der Waals surface area contributed by atoms with Crippen LogP contribution in [0.15, 0.2) is 24.3 Å². The van der Waals surface area contributed by atoms with Gasteiger partial charge in [-0.05, 0) is 45.2 Å². The second-order valence-electron chi connectivity index (χ2n) is 20.9. The number of carbonyl (C=O) groups excluding carboxylic acids is 5. The van der Waals surface area contributed by atoms with E-state index in [4.69, 9.17) is 68.9 Å². The highest BCUT2D eigenvalue weighted by atomic mass is 31.2. The second kappa shape index (κ2) is 32.9. The van der Waals surface area contributed by atoms with Crippen LogP contribution in [0.3, 0.4) is 0 Å². The zero-order chi connectivity index (χ0) is 65.9. The van der Waals surface area contributed by atoms with Crippen molar-refractivity contribution in [2.24, 2.45) is 5.73 Å². The number of nitrogens with two attached hydrogens (primary N) is 2. The number of ether oxygens (including phenoxy) is 8. The van der Waals surface area contributed by atoms with Crippen LogP contribution in [0.5, 0.6) is 0 Å². The molecule has 4 saturated heterocycles. The lowest BCUT2D eigenvalue weighted by Crippen LogP contribution is -2.64. The Kier molecular flexibility index (Phi) is 27.8. The van der Waals surface area contributed by atoms with Gasteiger partial charge in [0.05, 0.1) is 44.2 Å². The van der Waals surface area contributed by atoms with Crippen molar-refractivity contribution >= 4 is 50.9 Å². The van der Waals surface area contributed by atoms with E-state index in [0.717, 1.165) is 13.8 Å². The number of rotatable bonds is 30. The molecule has 0 saturated carbocycles. The smallest absolute Gasteiger partial charge is 0.398 e. The Morgan fingerprint density at radius 2 is 0.932 bits per heavy atom. The van der Waals surface area contributed by atoms with Gasteiger partial charge in [-0.25, -0.2) is 9.13 Å². The quantitative estimate of drug-likeness (QED) is 0.0193. The van der Waals surface area contributed by atoms with Crippen LogP contribution in [-0.2, 0) is 75.3 Å². The van der Waals surface area contributed by atoms with Gasteiger partial charge < -0.3 is 151 Å². The summed E-state index contributed by atoms with van der Waals surface area (Å²) in [5.41, 5.74) is 12.0. The topological polar surface area (TPSA) is 636 Å². The van der Waals surface area contributed by atoms with Crippen molar-refractivity contribution in [3.8, 4) is 0 Å². The average Bonchev–Trinajstić information content (AvgIpc) is 3.46. The van der Waals surface area contributed by atoms with Gasteiger partial charge in [0.25, 0.3) is 5.91 Å². The minimum Gasteiger partial charge on any atom is -0.398 e. The van der Waals surface area contributed by atoms with Crippen molar-refractivity contribution in [1.29, 1.82) is 0 Å². The Balaban J connectivity index is 1.30. The van der Waals surface area contributed by atoms with Crippen molar-refractivity contribution in [3.05, 3.63) is 29.8 Å². The van der Waals surface area contributed by atoms with E-state index < -0.39 is 225 Å². The number of carbonyl (C=O) groups is 5. The van der Waals surface area contributed by atoms with Gasteiger partial charge in [-0.2, -0.15) is 0 Å². The number of para-hydroxylation sites is 1. The molecule has 24 N–H and O–H groups in total. The van der Waals surface area contributed by atoms with E-state index >= 15 is 0 Å². The first kappa shape index (κ1) is 74.5.